The second-order valence-electron chi connectivity index (χ2n) is 5.01. The minimum atomic E-state index is -3.97. The molecule has 0 bridgehead atoms. The van der Waals surface area contributed by atoms with Crippen LogP contribution in [-0.2, 0) is 14.8 Å². The number of carbonyl (C=O) groups is 1. The first-order valence-electron chi connectivity index (χ1n) is 7.23. The number of ether oxygens (including phenoxy) is 2. The highest BCUT2D eigenvalue weighted by atomic mass is 79.9. The summed E-state index contributed by atoms with van der Waals surface area (Å²) in [5.41, 5.74) is -0.0523. The van der Waals surface area contributed by atoms with Gasteiger partial charge in [-0.1, -0.05) is 15.9 Å². The van der Waals surface area contributed by atoms with Gasteiger partial charge in [-0.15, -0.1) is 0 Å². The molecule has 0 aliphatic rings. The number of benzene rings is 2. The van der Waals surface area contributed by atoms with Crippen molar-refractivity contribution in [1.29, 1.82) is 0 Å². The number of carbonyl (C=O) groups excluding carboxylic acids is 1. The van der Waals surface area contributed by atoms with Gasteiger partial charge >= 0.3 is 0 Å². The van der Waals surface area contributed by atoms with Gasteiger partial charge in [-0.2, -0.15) is 0 Å². The number of anilines is 1. The maximum atomic E-state index is 13.7. The van der Waals surface area contributed by atoms with Crippen molar-refractivity contribution in [3.05, 3.63) is 46.7 Å². The van der Waals surface area contributed by atoms with Crippen LogP contribution in [0.5, 0.6) is 11.5 Å². The second-order valence-corrected chi connectivity index (χ2v) is 7.70. The number of halogens is 2. The van der Waals surface area contributed by atoms with E-state index in [0.29, 0.717) is 10.2 Å². The maximum absolute atomic E-state index is 13.7. The zero-order chi connectivity index (χ0) is 19.3. The second kappa shape index (κ2) is 8.47. The van der Waals surface area contributed by atoms with Gasteiger partial charge in [-0.05, 0) is 30.3 Å². The fourth-order valence-corrected chi connectivity index (χ4v) is 3.34. The molecular weight excluding hydrogens is 431 g/mol. The van der Waals surface area contributed by atoms with Gasteiger partial charge in [0.25, 0.3) is 0 Å². The van der Waals surface area contributed by atoms with E-state index in [2.05, 4.69) is 26.0 Å². The van der Waals surface area contributed by atoms with Crippen LogP contribution in [0.25, 0.3) is 0 Å². The lowest BCUT2D eigenvalue weighted by Gasteiger charge is -2.11. The van der Waals surface area contributed by atoms with Crippen molar-refractivity contribution in [2.75, 3.05) is 26.1 Å². The topological polar surface area (TPSA) is 93.7 Å². The number of nitrogens with one attached hydrogen (secondary N) is 2. The summed E-state index contributed by atoms with van der Waals surface area (Å²) >= 11 is 3.10. The number of hydrogen-bond acceptors (Lipinski definition) is 5. The molecule has 0 spiro atoms. The van der Waals surface area contributed by atoms with Crippen molar-refractivity contribution < 1.29 is 27.1 Å². The van der Waals surface area contributed by atoms with Gasteiger partial charge in [-0.3, -0.25) is 4.79 Å². The molecule has 140 valence electrons. The van der Waals surface area contributed by atoms with Gasteiger partial charge in [0.15, 0.2) is 11.5 Å². The molecule has 0 aliphatic heterocycles. The average Bonchev–Trinajstić information content (AvgIpc) is 2.61. The number of sulfonamides is 1. The first-order chi connectivity index (χ1) is 12.3. The van der Waals surface area contributed by atoms with Crippen LogP contribution < -0.4 is 19.5 Å². The lowest BCUT2D eigenvalue weighted by atomic mass is 10.3. The van der Waals surface area contributed by atoms with Crippen LogP contribution in [0, 0.1) is 5.82 Å². The summed E-state index contributed by atoms with van der Waals surface area (Å²) in [7, 11) is -1.17. The van der Waals surface area contributed by atoms with E-state index in [9.17, 15) is 17.6 Å². The van der Waals surface area contributed by atoms with E-state index >= 15 is 0 Å². The molecule has 1 amide bonds. The molecule has 2 aromatic carbocycles. The Morgan fingerprint density at radius 2 is 1.81 bits per heavy atom. The normalized spacial score (nSPS) is 11.1. The monoisotopic (exact) mass is 446 g/mol. The minimum absolute atomic E-state index is 0.0523. The fraction of sp³-hybridized carbons (Fsp3) is 0.188. The average molecular weight is 447 g/mol. The van der Waals surface area contributed by atoms with E-state index < -0.39 is 28.3 Å². The lowest BCUT2D eigenvalue weighted by Crippen LogP contribution is -2.33. The van der Waals surface area contributed by atoms with Gasteiger partial charge < -0.3 is 14.8 Å². The Hall–Kier alpha value is -2.17. The minimum Gasteiger partial charge on any atom is -0.493 e. The van der Waals surface area contributed by atoms with Crippen molar-refractivity contribution in [2.24, 2.45) is 0 Å². The third-order valence-corrected chi connectivity index (χ3v) is 5.19. The number of rotatable bonds is 7. The molecule has 10 heteroatoms. The van der Waals surface area contributed by atoms with E-state index in [4.69, 9.17) is 9.47 Å². The smallest absolute Gasteiger partial charge is 0.241 e. The molecule has 0 fully saturated rings. The molecule has 0 heterocycles. The Balaban J connectivity index is 2.06. The van der Waals surface area contributed by atoms with Crippen LogP contribution >= 0.6 is 15.9 Å². The van der Waals surface area contributed by atoms with Gasteiger partial charge in [-0.25, -0.2) is 17.5 Å². The first-order valence-corrected chi connectivity index (χ1v) is 9.51. The molecule has 7 nitrogen and oxygen atoms in total. The Kier molecular flexibility index (Phi) is 6.57. The number of hydrogen-bond donors (Lipinski definition) is 2. The molecule has 2 rings (SSSR count). The standard InChI is InChI=1S/C16H16BrFN2O5S/c1-24-14-6-4-11(8-15(14)25-2)26(22,23)19-9-16(21)20-13-5-3-10(17)7-12(13)18/h3-8,19H,9H2,1-2H3,(H,20,21). The molecular formula is C16H16BrFN2O5S. The third-order valence-electron chi connectivity index (χ3n) is 3.29. The summed E-state index contributed by atoms with van der Waals surface area (Å²) in [4.78, 5) is 11.8. The molecule has 2 aromatic rings. The molecule has 0 unspecified atom stereocenters. The lowest BCUT2D eigenvalue weighted by molar-refractivity contribution is -0.115. The Morgan fingerprint density at radius 1 is 1.12 bits per heavy atom. The molecule has 0 aromatic heterocycles. The number of methoxy groups -OCH3 is 2. The van der Waals surface area contributed by atoms with Crippen molar-refractivity contribution >= 4 is 37.5 Å². The molecule has 2 N–H and O–H groups in total. The summed E-state index contributed by atoms with van der Waals surface area (Å²) in [6, 6.07) is 8.12. The molecule has 0 saturated heterocycles. The van der Waals surface area contributed by atoms with Crippen LogP contribution in [-0.4, -0.2) is 35.1 Å². The highest BCUT2D eigenvalue weighted by molar-refractivity contribution is 9.10. The van der Waals surface area contributed by atoms with Crippen LogP contribution in [0.4, 0.5) is 10.1 Å². The molecule has 0 saturated carbocycles. The van der Waals surface area contributed by atoms with Crippen molar-refractivity contribution in [3.63, 3.8) is 0 Å². The summed E-state index contributed by atoms with van der Waals surface area (Å²) in [6.45, 7) is -0.563. The van der Waals surface area contributed by atoms with Gasteiger partial charge in [0.05, 0.1) is 31.3 Å². The van der Waals surface area contributed by atoms with Crippen molar-refractivity contribution in [2.45, 2.75) is 4.90 Å². The highest BCUT2D eigenvalue weighted by Gasteiger charge is 2.18. The third kappa shape index (κ3) is 4.93. The van der Waals surface area contributed by atoms with E-state index in [1.807, 2.05) is 0 Å². The van der Waals surface area contributed by atoms with Gasteiger partial charge in [0.1, 0.15) is 5.82 Å². The number of amides is 1. The summed E-state index contributed by atoms with van der Waals surface area (Å²) < 4.78 is 51.1. The Bertz CT molecular complexity index is 921. The molecule has 0 atom stereocenters. The van der Waals surface area contributed by atoms with Gasteiger partial charge in [0.2, 0.25) is 15.9 Å². The zero-order valence-electron chi connectivity index (χ0n) is 13.9. The van der Waals surface area contributed by atoms with Crippen LogP contribution in [0.1, 0.15) is 0 Å². The van der Waals surface area contributed by atoms with Crippen LogP contribution in [0.3, 0.4) is 0 Å². The van der Waals surface area contributed by atoms with Gasteiger partial charge in [0, 0.05) is 10.5 Å². The largest absolute Gasteiger partial charge is 0.493 e. The Morgan fingerprint density at radius 3 is 2.42 bits per heavy atom. The zero-order valence-corrected chi connectivity index (χ0v) is 16.3. The van der Waals surface area contributed by atoms with E-state index in [0.717, 1.165) is 0 Å². The van der Waals surface area contributed by atoms with E-state index in [1.165, 1.54) is 44.6 Å². The van der Waals surface area contributed by atoms with E-state index in [1.54, 1.807) is 6.07 Å². The quantitative estimate of drug-likeness (QED) is 0.681. The van der Waals surface area contributed by atoms with E-state index in [-0.39, 0.29) is 16.3 Å². The predicted octanol–water partition coefficient (Wildman–Crippen LogP) is 2.52. The maximum Gasteiger partial charge on any atom is 0.241 e. The van der Waals surface area contributed by atoms with Crippen LogP contribution in [0.2, 0.25) is 0 Å². The first kappa shape index (κ1) is 20.1. The summed E-state index contributed by atoms with van der Waals surface area (Å²) in [6.07, 6.45) is 0. The van der Waals surface area contributed by atoms with Crippen molar-refractivity contribution in [3.8, 4) is 11.5 Å². The predicted molar refractivity (Wildman–Crippen MR) is 97.5 cm³/mol. The fourth-order valence-electron chi connectivity index (χ4n) is 2.01. The molecule has 0 aliphatic carbocycles. The van der Waals surface area contributed by atoms with Crippen LogP contribution in [0.15, 0.2) is 45.8 Å². The SMILES string of the molecule is COc1ccc(S(=O)(=O)NCC(=O)Nc2ccc(Br)cc2F)cc1OC. The molecule has 0 radical (unpaired) electrons. The highest BCUT2D eigenvalue weighted by Crippen LogP contribution is 2.29. The Labute approximate surface area is 158 Å². The summed E-state index contributed by atoms with van der Waals surface area (Å²) in [5, 5.41) is 2.30. The summed E-state index contributed by atoms with van der Waals surface area (Å²) in [5.74, 6) is -0.752. The van der Waals surface area contributed by atoms with Crippen molar-refractivity contribution in [1.82, 2.24) is 4.72 Å². The molecule has 26 heavy (non-hydrogen) atoms.